The van der Waals surface area contributed by atoms with E-state index in [4.69, 9.17) is 16.7 Å². The third kappa shape index (κ3) is 2.79. The van der Waals surface area contributed by atoms with Crippen LogP contribution in [-0.4, -0.2) is 16.1 Å². The van der Waals surface area contributed by atoms with E-state index in [9.17, 15) is 13.6 Å². The van der Waals surface area contributed by atoms with Crippen molar-refractivity contribution in [1.29, 1.82) is 0 Å². The molecule has 0 fully saturated rings. The van der Waals surface area contributed by atoms with Crippen LogP contribution in [0.25, 0.3) is 0 Å². The first kappa shape index (κ1) is 13.2. The molecule has 0 aliphatic heterocycles. The van der Waals surface area contributed by atoms with Crippen LogP contribution in [0.2, 0.25) is 5.02 Å². The molecule has 98 valence electrons. The van der Waals surface area contributed by atoms with Crippen molar-refractivity contribution in [2.75, 3.05) is 5.32 Å². The van der Waals surface area contributed by atoms with Gasteiger partial charge in [0.1, 0.15) is 11.4 Å². The van der Waals surface area contributed by atoms with Gasteiger partial charge < -0.3 is 10.4 Å². The molecule has 0 aliphatic rings. The lowest BCUT2D eigenvalue weighted by atomic mass is 10.2. The molecule has 1 heterocycles. The SMILES string of the molecule is O=C(O)c1ccnc(Nc2cc(Cl)ccc2F)c1F. The number of hydrogen-bond donors (Lipinski definition) is 2. The summed E-state index contributed by atoms with van der Waals surface area (Å²) in [5.74, 6) is -3.56. The summed E-state index contributed by atoms with van der Waals surface area (Å²) in [6.45, 7) is 0. The molecule has 0 saturated carbocycles. The number of benzene rings is 1. The number of halogens is 3. The molecule has 19 heavy (non-hydrogen) atoms. The second-order valence-corrected chi connectivity index (χ2v) is 4.01. The summed E-state index contributed by atoms with van der Waals surface area (Å²) in [6, 6.07) is 4.69. The van der Waals surface area contributed by atoms with Crippen LogP contribution in [0.5, 0.6) is 0 Å². The summed E-state index contributed by atoms with van der Waals surface area (Å²) >= 11 is 5.69. The number of carboxylic acid groups (broad SMARTS) is 1. The summed E-state index contributed by atoms with van der Waals surface area (Å²) in [5.41, 5.74) is -0.652. The number of anilines is 2. The molecule has 2 aromatic rings. The van der Waals surface area contributed by atoms with Crippen LogP contribution in [0, 0.1) is 11.6 Å². The highest BCUT2D eigenvalue weighted by molar-refractivity contribution is 6.30. The Morgan fingerprint density at radius 3 is 2.74 bits per heavy atom. The molecular weight excluding hydrogens is 278 g/mol. The summed E-state index contributed by atoms with van der Waals surface area (Å²) in [7, 11) is 0. The Kier molecular flexibility index (Phi) is 3.62. The van der Waals surface area contributed by atoms with Crippen LogP contribution in [-0.2, 0) is 0 Å². The molecule has 1 aromatic heterocycles. The highest BCUT2D eigenvalue weighted by atomic mass is 35.5. The summed E-state index contributed by atoms with van der Waals surface area (Å²) in [4.78, 5) is 14.4. The number of aromatic nitrogens is 1. The van der Waals surface area contributed by atoms with E-state index < -0.39 is 23.2 Å². The maximum atomic E-state index is 13.8. The Balaban J connectivity index is 2.41. The largest absolute Gasteiger partial charge is 0.478 e. The van der Waals surface area contributed by atoms with Gasteiger partial charge in [-0.05, 0) is 24.3 Å². The van der Waals surface area contributed by atoms with Crippen LogP contribution in [0.3, 0.4) is 0 Å². The van der Waals surface area contributed by atoms with Crippen molar-refractivity contribution < 1.29 is 18.7 Å². The lowest BCUT2D eigenvalue weighted by Gasteiger charge is -2.09. The molecule has 4 nitrogen and oxygen atoms in total. The number of carbonyl (C=O) groups is 1. The molecule has 0 spiro atoms. The van der Waals surface area contributed by atoms with Crippen molar-refractivity contribution in [1.82, 2.24) is 4.98 Å². The first-order chi connectivity index (χ1) is 8.99. The molecule has 0 unspecified atom stereocenters. The van der Waals surface area contributed by atoms with Crippen LogP contribution in [0.1, 0.15) is 10.4 Å². The summed E-state index contributed by atoms with van der Waals surface area (Å²) in [5, 5.41) is 11.4. The first-order valence-electron chi connectivity index (χ1n) is 5.09. The highest BCUT2D eigenvalue weighted by Gasteiger charge is 2.16. The zero-order chi connectivity index (χ0) is 14.0. The lowest BCUT2D eigenvalue weighted by molar-refractivity contribution is 0.0692. The number of carboxylic acids is 1. The minimum atomic E-state index is -1.44. The van der Waals surface area contributed by atoms with Crippen LogP contribution < -0.4 is 5.32 Å². The molecule has 2 N–H and O–H groups in total. The molecule has 0 saturated heterocycles. The molecule has 0 bridgehead atoms. The predicted molar refractivity (Wildman–Crippen MR) is 65.8 cm³/mol. The van der Waals surface area contributed by atoms with Gasteiger partial charge >= 0.3 is 5.97 Å². The van der Waals surface area contributed by atoms with Gasteiger partial charge in [0.05, 0.1) is 5.69 Å². The van der Waals surface area contributed by atoms with Gasteiger partial charge in [0.2, 0.25) is 0 Å². The standard InChI is InChI=1S/C12H7ClF2N2O2/c13-6-1-2-8(14)9(5-6)17-11-10(15)7(12(18)19)3-4-16-11/h1-5H,(H,16,17)(H,18,19). The average Bonchev–Trinajstić information content (AvgIpc) is 2.36. The van der Waals surface area contributed by atoms with Crippen molar-refractivity contribution in [3.63, 3.8) is 0 Å². The average molecular weight is 285 g/mol. The van der Waals surface area contributed by atoms with Crippen molar-refractivity contribution in [3.05, 3.63) is 52.7 Å². The maximum absolute atomic E-state index is 13.8. The minimum Gasteiger partial charge on any atom is -0.478 e. The van der Waals surface area contributed by atoms with E-state index in [1.807, 2.05) is 0 Å². The summed E-state index contributed by atoms with van der Waals surface area (Å²) in [6.07, 6.45) is 1.11. The van der Waals surface area contributed by atoms with E-state index in [2.05, 4.69) is 10.3 Å². The molecule has 0 amide bonds. The van der Waals surface area contributed by atoms with Gasteiger partial charge in [0.25, 0.3) is 0 Å². The van der Waals surface area contributed by atoms with Gasteiger partial charge in [-0.25, -0.2) is 18.6 Å². The van der Waals surface area contributed by atoms with Crippen molar-refractivity contribution in [2.45, 2.75) is 0 Å². The number of hydrogen-bond acceptors (Lipinski definition) is 3. The second-order valence-electron chi connectivity index (χ2n) is 3.58. The smallest absolute Gasteiger partial charge is 0.338 e. The molecule has 7 heteroatoms. The van der Waals surface area contributed by atoms with Gasteiger partial charge in [-0.15, -0.1) is 0 Å². The quantitative estimate of drug-likeness (QED) is 0.906. The highest BCUT2D eigenvalue weighted by Crippen LogP contribution is 2.25. The minimum absolute atomic E-state index is 0.0959. The van der Waals surface area contributed by atoms with Crippen molar-refractivity contribution >= 4 is 29.1 Å². The Hall–Kier alpha value is -2.21. The molecular formula is C12H7ClF2N2O2. The van der Waals surface area contributed by atoms with Gasteiger partial charge in [0.15, 0.2) is 11.6 Å². The van der Waals surface area contributed by atoms with Gasteiger partial charge in [-0.3, -0.25) is 0 Å². The number of pyridine rings is 1. The van der Waals surface area contributed by atoms with E-state index >= 15 is 0 Å². The zero-order valence-electron chi connectivity index (χ0n) is 9.32. The number of nitrogens with one attached hydrogen (secondary N) is 1. The number of nitrogens with zero attached hydrogens (tertiary/aromatic N) is 1. The third-order valence-corrected chi connectivity index (χ3v) is 2.54. The van der Waals surface area contributed by atoms with E-state index in [-0.39, 0.29) is 16.5 Å². The van der Waals surface area contributed by atoms with E-state index in [1.165, 1.54) is 12.1 Å². The zero-order valence-corrected chi connectivity index (χ0v) is 10.1. The van der Waals surface area contributed by atoms with E-state index in [0.717, 1.165) is 18.3 Å². The second kappa shape index (κ2) is 5.19. The van der Waals surface area contributed by atoms with E-state index in [0.29, 0.717) is 0 Å². The van der Waals surface area contributed by atoms with Gasteiger partial charge in [0, 0.05) is 11.2 Å². The van der Waals surface area contributed by atoms with Gasteiger partial charge in [-0.1, -0.05) is 11.6 Å². The fraction of sp³-hybridized carbons (Fsp3) is 0. The first-order valence-corrected chi connectivity index (χ1v) is 5.46. The molecule has 0 atom stereocenters. The molecule has 2 rings (SSSR count). The maximum Gasteiger partial charge on any atom is 0.338 e. The molecule has 0 aliphatic carbocycles. The van der Waals surface area contributed by atoms with Gasteiger partial charge in [-0.2, -0.15) is 0 Å². The fourth-order valence-electron chi connectivity index (χ4n) is 1.42. The van der Waals surface area contributed by atoms with Crippen LogP contribution in [0.4, 0.5) is 20.3 Å². The molecule has 0 radical (unpaired) electrons. The third-order valence-electron chi connectivity index (χ3n) is 2.30. The summed E-state index contributed by atoms with van der Waals surface area (Å²) < 4.78 is 27.2. The molecule has 1 aromatic carbocycles. The number of rotatable bonds is 3. The van der Waals surface area contributed by atoms with E-state index in [1.54, 1.807) is 0 Å². The predicted octanol–water partition coefficient (Wildman–Crippen LogP) is 3.46. The topological polar surface area (TPSA) is 62.2 Å². The number of aromatic carboxylic acids is 1. The Morgan fingerprint density at radius 1 is 1.32 bits per heavy atom. The van der Waals surface area contributed by atoms with Crippen molar-refractivity contribution in [3.8, 4) is 0 Å². The Morgan fingerprint density at radius 2 is 2.05 bits per heavy atom. The lowest BCUT2D eigenvalue weighted by Crippen LogP contribution is -2.06. The fourth-order valence-corrected chi connectivity index (χ4v) is 1.59. The normalized spacial score (nSPS) is 10.3. The van der Waals surface area contributed by atoms with Crippen LogP contribution in [0.15, 0.2) is 30.5 Å². The monoisotopic (exact) mass is 284 g/mol. The van der Waals surface area contributed by atoms with Crippen molar-refractivity contribution in [2.24, 2.45) is 0 Å². The Bertz CT molecular complexity index is 650. The van der Waals surface area contributed by atoms with Crippen LogP contribution >= 0.6 is 11.6 Å². The Labute approximate surface area is 111 Å².